The fourth-order valence-corrected chi connectivity index (χ4v) is 3.45. The topological polar surface area (TPSA) is 87.2 Å². The van der Waals surface area contributed by atoms with Crippen LogP contribution in [0.15, 0.2) is 29.3 Å². The molecule has 1 aromatic carbocycles. The molecule has 1 saturated heterocycles. The van der Waals surface area contributed by atoms with E-state index in [1.807, 2.05) is 39.0 Å². The molecule has 1 heterocycles. The lowest BCUT2D eigenvalue weighted by atomic mass is 10.1. The molecule has 8 nitrogen and oxygen atoms in total. The number of ether oxygens (including phenoxy) is 2. The summed E-state index contributed by atoms with van der Waals surface area (Å²) in [4.78, 5) is 18.8. The molecule has 1 atom stereocenters. The number of carbonyl (C=O) groups is 1. The summed E-state index contributed by atoms with van der Waals surface area (Å²) in [5.41, 5.74) is 0.674. The van der Waals surface area contributed by atoms with Crippen molar-refractivity contribution in [3.8, 4) is 5.75 Å². The normalized spacial score (nSPS) is 16.2. The largest absolute Gasteiger partial charge is 0.495 e. The highest BCUT2D eigenvalue weighted by Gasteiger charge is 2.24. The lowest BCUT2D eigenvalue weighted by Gasteiger charge is -2.21. The van der Waals surface area contributed by atoms with Gasteiger partial charge in [-0.2, -0.15) is 0 Å². The van der Waals surface area contributed by atoms with E-state index in [0.29, 0.717) is 12.5 Å². The molecular weight excluding hydrogens is 521 g/mol. The number of hydrogen-bond donors (Lipinski definition) is 3. The smallest absolute Gasteiger partial charge is 0.407 e. The molecule has 3 N–H and O–H groups in total. The predicted octanol–water partition coefficient (Wildman–Crippen LogP) is 3.61. The third-order valence-corrected chi connectivity index (χ3v) is 4.88. The number of rotatable bonds is 9. The van der Waals surface area contributed by atoms with Crippen LogP contribution in [0.4, 0.5) is 10.5 Å². The predicted molar refractivity (Wildman–Crippen MR) is 142 cm³/mol. The van der Waals surface area contributed by atoms with Gasteiger partial charge in [-0.1, -0.05) is 12.1 Å². The first-order valence-corrected chi connectivity index (χ1v) is 11.2. The molecule has 0 spiro atoms. The molecule has 0 radical (unpaired) electrons. The van der Waals surface area contributed by atoms with Crippen molar-refractivity contribution in [3.05, 3.63) is 24.3 Å². The van der Waals surface area contributed by atoms with Crippen LogP contribution in [0.5, 0.6) is 5.75 Å². The van der Waals surface area contributed by atoms with E-state index in [2.05, 4.69) is 33.8 Å². The van der Waals surface area contributed by atoms with Crippen molar-refractivity contribution in [1.29, 1.82) is 0 Å². The molecule has 1 unspecified atom stereocenters. The molecule has 32 heavy (non-hydrogen) atoms. The summed E-state index contributed by atoms with van der Waals surface area (Å²) in [7, 11) is 1.72. The molecule has 0 aliphatic carbocycles. The second-order valence-corrected chi connectivity index (χ2v) is 8.70. The minimum Gasteiger partial charge on any atom is -0.495 e. The number of para-hydroxylation sites is 2. The summed E-state index contributed by atoms with van der Waals surface area (Å²) in [6.07, 6.45) is 1.52. The second kappa shape index (κ2) is 14.3. The van der Waals surface area contributed by atoms with Crippen LogP contribution in [0.1, 0.15) is 40.5 Å². The van der Waals surface area contributed by atoms with E-state index in [-0.39, 0.29) is 30.1 Å². The number of alkyl carbamates (subject to hydrolysis) is 1. The Hall–Kier alpha value is -1.91. The van der Waals surface area contributed by atoms with Gasteiger partial charge in [0.05, 0.1) is 12.8 Å². The maximum absolute atomic E-state index is 11.7. The summed E-state index contributed by atoms with van der Waals surface area (Å²) < 4.78 is 10.7. The number of benzene rings is 1. The first-order chi connectivity index (χ1) is 14.8. The number of halogens is 1. The lowest BCUT2D eigenvalue weighted by Crippen LogP contribution is -2.39. The number of methoxy groups -OCH3 is 1. The molecule has 0 saturated carbocycles. The first-order valence-electron chi connectivity index (χ1n) is 11.2. The molecule has 1 aliphatic rings. The average molecular weight is 562 g/mol. The van der Waals surface area contributed by atoms with Crippen molar-refractivity contribution >= 4 is 41.7 Å². The summed E-state index contributed by atoms with van der Waals surface area (Å²) in [5, 5.41) is 9.41. The summed E-state index contributed by atoms with van der Waals surface area (Å²) in [6.45, 7) is 12.5. The fraction of sp³-hybridized carbons (Fsp3) is 0.652. The third-order valence-electron chi connectivity index (χ3n) is 4.88. The summed E-state index contributed by atoms with van der Waals surface area (Å²) in [5.74, 6) is 2.24. The Morgan fingerprint density at radius 2 is 1.91 bits per heavy atom. The van der Waals surface area contributed by atoms with Gasteiger partial charge in [0.15, 0.2) is 5.96 Å². The van der Waals surface area contributed by atoms with Gasteiger partial charge < -0.3 is 30.3 Å². The highest BCUT2D eigenvalue weighted by molar-refractivity contribution is 14.0. The Morgan fingerprint density at radius 3 is 2.59 bits per heavy atom. The number of nitrogens with one attached hydrogen (secondary N) is 3. The van der Waals surface area contributed by atoms with Gasteiger partial charge >= 0.3 is 6.09 Å². The molecule has 2 rings (SSSR count). The zero-order valence-corrected chi connectivity index (χ0v) is 22.4. The number of nitrogens with zero attached hydrogens (tertiary/aromatic N) is 2. The highest BCUT2D eigenvalue weighted by Crippen LogP contribution is 2.31. The van der Waals surface area contributed by atoms with Gasteiger partial charge in [-0.3, -0.25) is 4.99 Å². The quantitative estimate of drug-likeness (QED) is 0.185. The van der Waals surface area contributed by atoms with Crippen molar-refractivity contribution < 1.29 is 14.3 Å². The van der Waals surface area contributed by atoms with Crippen molar-refractivity contribution in [3.63, 3.8) is 0 Å². The van der Waals surface area contributed by atoms with Crippen LogP contribution < -0.4 is 25.6 Å². The van der Waals surface area contributed by atoms with Gasteiger partial charge in [-0.25, -0.2) is 4.79 Å². The van der Waals surface area contributed by atoms with Crippen molar-refractivity contribution in [2.24, 2.45) is 10.9 Å². The van der Waals surface area contributed by atoms with Gasteiger partial charge in [0.25, 0.3) is 0 Å². The van der Waals surface area contributed by atoms with E-state index in [1.165, 1.54) is 0 Å². The molecular formula is C23H40IN5O3. The maximum atomic E-state index is 11.7. The standard InChI is InChI=1S/C23H39N5O3.HI/c1-6-24-21(25-13-9-14-26-22(29)31-23(2,3)4)27-16-18-12-15-28(17-18)19-10-7-8-11-20(19)30-5;/h7-8,10-11,18H,6,9,12-17H2,1-5H3,(H,26,29)(H2,24,25,27);1H. The maximum Gasteiger partial charge on any atom is 0.407 e. The van der Waals surface area contributed by atoms with Gasteiger partial charge in [-0.15, -0.1) is 24.0 Å². The molecule has 1 fully saturated rings. The van der Waals surface area contributed by atoms with E-state index < -0.39 is 5.60 Å². The number of hydrogen-bond acceptors (Lipinski definition) is 5. The van der Waals surface area contributed by atoms with Gasteiger partial charge in [0.2, 0.25) is 0 Å². The zero-order valence-electron chi connectivity index (χ0n) is 20.1. The Balaban J connectivity index is 0.00000512. The SMILES string of the molecule is CCNC(=NCC1CCN(c2ccccc2OC)C1)NCCCNC(=O)OC(C)(C)C.I. The average Bonchev–Trinajstić information content (AvgIpc) is 3.19. The monoisotopic (exact) mass is 561 g/mol. The molecule has 9 heteroatoms. The Bertz CT molecular complexity index is 724. The van der Waals surface area contributed by atoms with Crippen molar-refractivity contribution in [2.45, 2.75) is 46.1 Å². The number of amides is 1. The van der Waals surface area contributed by atoms with E-state index >= 15 is 0 Å². The van der Waals surface area contributed by atoms with Crippen molar-refractivity contribution in [1.82, 2.24) is 16.0 Å². The van der Waals surface area contributed by atoms with Crippen molar-refractivity contribution in [2.75, 3.05) is 51.3 Å². The van der Waals surface area contributed by atoms with Crippen LogP contribution >= 0.6 is 24.0 Å². The van der Waals surface area contributed by atoms with E-state index in [0.717, 1.165) is 63.0 Å². The zero-order chi connectivity index (χ0) is 22.7. The molecule has 0 aromatic heterocycles. The van der Waals surface area contributed by atoms with Gasteiger partial charge in [0, 0.05) is 39.3 Å². The minimum absolute atomic E-state index is 0. The number of anilines is 1. The molecule has 1 aromatic rings. The van der Waals surface area contributed by atoms with Crippen LogP contribution in [-0.2, 0) is 4.74 Å². The van der Waals surface area contributed by atoms with Crippen LogP contribution in [0.25, 0.3) is 0 Å². The number of guanidine groups is 1. The highest BCUT2D eigenvalue weighted by atomic mass is 127. The number of carbonyl (C=O) groups excluding carboxylic acids is 1. The Morgan fingerprint density at radius 1 is 1.19 bits per heavy atom. The van der Waals surface area contributed by atoms with E-state index in [4.69, 9.17) is 14.5 Å². The fourth-order valence-electron chi connectivity index (χ4n) is 3.45. The second-order valence-electron chi connectivity index (χ2n) is 8.70. The summed E-state index contributed by atoms with van der Waals surface area (Å²) in [6, 6.07) is 8.17. The van der Waals surface area contributed by atoms with Crippen LogP contribution in [0.2, 0.25) is 0 Å². The minimum atomic E-state index is -0.478. The van der Waals surface area contributed by atoms with E-state index in [1.54, 1.807) is 7.11 Å². The molecule has 182 valence electrons. The Kier molecular flexibility index (Phi) is 12.6. The molecule has 0 bridgehead atoms. The lowest BCUT2D eigenvalue weighted by molar-refractivity contribution is 0.0527. The third kappa shape index (κ3) is 10.1. The van der Waals surface area contributed by atoms with Gasteiger partial charge in [-0.05, 0) is 58.6 Å². The van der Waals surface area contributed by atoms with E-state index in [9.17, 15) is 4.79 Å². The summed E-state index contributed by atoms with van der Waals surface area (Å²) >= 11 is 0. The molecule has 1 amide bonds. The van der Waals surface area contributed by atoms with Crippen LogP contribution in [0.3, 0.4) is 0 Å². The van der Waals surface area contributed by atoms with Gasteiger partial charge in [0.1, 0.15) is 11.4 Å². The Labute approximate surface area is 209 Å². The number of aliphatic imine (C=N–C) groups is 1. The van der Waals surface area contributed by atoms with Crippen LogP contribution in [0, 0.1) is 5.92 Å². The van der Waals surface area contributed by atoms with Crippen LogP contribution in [-0.4, -0.2) is 64.0 Å². The first kappa shape index (κ1) is 28.1. The molecule has 1 aliphatic heterocycles.